The number of aromatic nitrogens is 3. The van der Waals surface area contributed by atoms with Gasteiger partial charge in [0.25, 0.3) is 0 Å². The molecule has 2 aromatic heterocycles. The highest BCUT2D eigenvalue weighted by Crippen LogP contribution is 2.32. The summed E-state index contributed by atoms with van der Waals surface area (Å²) in [6.07, 6.45) is 0.493. The van der Waals surface area contributed by atoms with Crippen molar-refractivity contribution in [3.8, 4) is 0 Å². The Morgan fingerprint density at radius 2 is 2.14 bits per heavy atom. The zero-order valence-corrected chi connectivity index (χ0v) is 12.3. The van der Waals surface area contributed by atoms with Crippen LogP contribution < -0.4 is 0 Å². The molecule has 0 spiro atoms. The smallest absolute Gasteiger partial charge is 0.334 e. The first-order valence-corrected chi connectivity index (χ1v) is 7.14. The molecular formula is C14H13F3N4S. The normalized spacial score (nSPS) is 15.6. The zero-order valence-electron chi connectivity index (χ0n) is 11.5. The Morgan fingerprint density at radius 1 is 1.32 bits per heavy atom. The van der Waals surface area contributed by atoms with Crippen molar-refractivity contribution in [2.45, 2.75) is 25.7 Å². The molecule has 0 bridgehead atoms. The SMILES string of the molecule is FC(F)(F)c1ccncc1CN1CCc2[nH]c(=S)ncc2C1. The van der Waals surface area contributed by atoms with E-state index in [0.717, 1.165) is 17.3 Å². The number of nitrogens with zero attached hydrogens (tertiary/aromatic N) is 3. The van der Waals surface area contributed by atoms with Crippen molar-refractivity contribution >= 4 is 12.2 Å². The first-order valence-electron chi connectivity index (χ1n) is 6.73. The number of H-pyrrole nitrogens is 1. The predicted octanol–water partition coefficient (Wildman–Crippen LogP) is 3.11. The summed E-state index contributed by atoms with van der Waals surface area (Å²) in [6, 6.07) is 1.02. The number of hydrogen-bond donors (Lipinski definition) is 1. The largest absolute Gasteiger partial charge is 0.416 e. The van der Waals surface area contributed by atoms with E-state index in [2.05, 4.69) is 15.0 Å². The number of nitrogens with one attached hydrogen (secondary N) is 1. The van der Waals surface area contributed by atoms with Crippen LogP contribution in [-0.2, 0) is 25.7 Å². The van der Waals surface area contributed by atoms with Crippen molar-refractivity contribution in [3.63, 3.8) is 0 Å². The lowest BCUT2D eigenvalue weighted by Gasteiger charge is -2.28. The molecule has 0 aromatic carbocycles. The highest BCUT2D eigenvalue weighted by Gasteiger charge is 2.33. The second-order valence-electron chi connectivity index (χ2n) is 5.18. The molecule has 4 nitrogen and oxygen atoms in total. The van der Waals surface area contributed by atoms with Gasteiger partial charge in [0.15, 0.2) is 4.77 Å². The van der Waals surface area contributed by atoms with E-state index in [0.29, 0.717) is 24.3 Å². The minimum Gasteiger partial charge on any atom is -0.334 e. The third-order valence-electron chi connectivity index (χ3n) is 3.66. The highest BCUT2D eigenvalue weighted by molar-refractivity contribution is 7.71. The van der Waals surface area contributed by atoms with E-state index in [1.807, 2.05) is 4.90 Å². The summed E-state index contributed by atoms with van der Waals surface area (Å²) in [5.74, 6) is 0. The summed E-state index contributed by atoms with van der Waals surface area (Å²) in [5, 5.41) is 0. The Kier molecular flexibility index (Phi) is 3.96. The topological polar surface area (TPSA) is 44.8 Å². The molecule has 1 aliphatic rings. The average molecular weight is 326 g/mol. The van der Waals surface area contributed by atoms with Gasteiger partial charge >= 0.3 is 6.18 Å². The summed E-state index contributed by atoms with van der Waals surface area (Å²) >= 11 is 4.98. The lowest BCUT2D eigenvalue weighted by molar-refractivity contribution is -0.138. The number of hydrogen-bond acceptors (Lipinski definition) is 4. The molecule has 116 valence electrons. The lowest BCUT2D eigenvalue weighted by atomic mass is 10.1. The van der Waals surface area contributed by atoms with Gasteiger partial charge in [-0.05, 0) is 23.8 Å². The van der Waals surface area contributed by atoms with Gasteiger partial charge in [0.05, 0.1) is 5.56 Å². The van der Waals surface area contributed by atoms with Crippen LogP contribution in [0.3, 0.4) is 0 Å². The molecule has 1 N–H and O–H groups in total. The molecule has 0 fully saturated rings. The minimum atomic E-state index is -4.36. The van der Waals surface area contributed by atoms with Crippen LogP contribution in [-0.4, -0.2) is 26.4 Å². The van der Waals surface area contributed by atoms with Gasteiger partial charge in [-0.25, -0.2) is 4.98 Å². The Hall–Kier alpha value is -1.80. The van der Waals surface area contributed by atoms with E-state index >= 15 is 0 Å². The van der Waals surface area contributed by atoms with Gasteiger partial charge in [0.2, 0.25) is 0 Å². The summed E-state index contributed by atoms with van der Waals surface area (Å²) < 4.78 is 39.5. The van der Waals surface area contributed by atoms with Gasteiger partial charge in [-0.1, -0.05) is 0 Å². The van der Waals surface area contributed by atoms with E-state index in [9.17, 15) is 13.2 Å². The van der Waals surface area contributed by atoms with Gasteiger partial charge in [-0.3, -0.25) is 9.88 Å². The molecule has 3 rings (SSSR count). The quantitative estimate of drug-likeness (QED) is 0.861. The fourth-order valence-electron chi connectivity index (χ4n) is 2.61. The maximum atomic E-state index is 13.0. The van der Waals surface area contributed by atoms with Crippen LogP contribution in [0.15, 0.2) is 24.7 Å². The van der Waals surface area contributed by atoms with Crippen molar-refractivity contribution in [3.05, 3.63) is 51.8 Å². The van der Waals surface area contributed by atoms with Crippen LogP contribution in [0, 0.1) is 4.77 Å². The predicted molar refractivity (Wildman–Crippen MR) is 76.5 cm³/mol. The molecule has 22 heavy (non-hydrogen) atoms. The van der Waals surface area contributed by atoms with Crippen molar-refractivity contribution < 1.29 is 13.2 Å². The molecule has 0 saturated carbocycles. The Labute approximate surface area is 130 Å². The second-order valence-corrected chi connectivity index (χ2v) is 5.57. The van der Waals surface area contributed by atoms with Crippen LogP contribution in [0.5, 0.6) is 0 Å². The van der Waals surface area contributed by atoms with E-state index < -0.39 is 11.7 Å². The van der Waals surface area contributed by atoms with Gasteiger partial charge in [0, 0.05) is 55.9 Å². The molecule has 2 aromatic rings. The third-order valence-corrected chi connectivity index (χ3v) is 3.87. The number of alkyl halides is 3. The molecule has 0 saturated heterocycles. The van der Waals surface area contributed by atoms with E-state index in [1.54, 1.807) is 6.20 Å². The standard InChI is InChI=1S/C14H13F3N4S/c15-14(16,17)11-1-3-18-5-9(11)7-21-4-2-12-10(8-21)6-19-13(22)20-12/h1,3,5-6H,2,4,7-8H2,(H,19,20,22). The zero-order chi connectivity index (χ0) is 15.7. The molecule has 3 heterocycles. The van der Waals surface area contributed by atoms with E-state index in [-0.39, 0.29) is 12.1 Å². The molecule has 0 atom stereocenters. The highest BCUT2D eigenvalue weighted by atomic mass is 32.1. The van der Waals surface area contributed by atoms with Gasteiger partial charge < -0.3 is 4.98 Å². The Bertz CT molecular complexity index is 741. The van der Waals surface area contributed by atoms with Crippen molar-refractivity contribution in [1.82, 2.24) is 19.9 Å². The van der Waals surface area contributed by atoms with Gasteiger partial charge in [-0.2, -0.15) is 13.2 Å². The summed E-state index contributed by atoms with van der Waals surface area (Å²) in [5.41, 5.74) is 1.55. The fourth-order valence-corrected chi connectivity index (χ4v) is 2.79. The fraction of sp³-hybridized carbons (Fsp3) is 0.357. The average Bonchev–Trinajstić information content (AvgIpc) is 2.47. The summed E-state index contributed by atoms with van der Waals surface area (Å²) in [7, 11) is 0. The van der Waals surface area contributed by atoms with E-state index in [4.69, 9.17) is 12.2 Å². The molecule has 0 radical (unpaired) electrons. The van der Waals surface area contributed by atoms with Crippen LogP contribution in [0.1, 0.15) is 22.4 Å². The van der Waals surface area contributed by atoms with Gasteiger partial charge in [-0.15, -0.1) is 0 Å². The first kappa shape index (κ1) is 15.1. The van der Waals surface area contributed by atoms with Crippen molar-refractivity contribution in [1.29, 1.82) is 0 Å². The third kappa shape index (κ3) is 3.17. The van der Waals surface area contributed by atoms with Crippen LogP contribution >= 0.6 is 12.2 Å². The molecule has 0 aliphatic carbocycles. The van der Waals surface area contributed by atoms with Crippen molar-refractivity contribution in [2.24, 2.45) is 0 Å². The molecule has 0 amide bonds. The lowest BCUT2D eigenvalue weighted by Crippen LogP contribution is -2.31. The molecule has 0 unspecified atom stereocenters. The van der Waals surface area contributed by atoms with Gasteiger partial charge in [0.1, 0.15) is 0 Å². The molecule has 1 aliphatic heterocycles. The van der Waals surface area contributed by atoms with Crippen LogP contribution in [0.2, 0.25) is 0 Å². The Morgan fingerprint density at radius 3 is 2.91 bits per heavy atom. The number of pyridine rings is 1. The van der Waals surface area contributed by atoms with Crippen molar-refractivity contribution in [2.75, 3.05) is 6.54 Å². The number of aromatic amines is 1. The second kappa shape index (κ2) is 5.77. The molecular weight excluding hydrogens is 313 g/mol. The molecule has 8 heteroatoms. The number of rotatable bonds is 2. The van der Waals surface area contributed by atoms with Crippen LogP contribution in [0.4, 0.5) is 13.2 Å². The monoisotopic (exact) mass is 326 g/mol. The number of fused-ring (bicyclic) bond motifs is 1. The number of halogens is 3. The summed E-state index contributed by atoms with van der Waals surface area (Å²) in [6.45, 7) is 1.41. The first-order chi connectivity index (χ1) is 10.4. The van der Waals surface area contributed by atoms with Crippen LogP contribution in [0.25, 0.3) is 0 Å². The maximum Gasteiger partial charge on any atom is 0.416 e. The maximum absolute atomic E-state index is 13.0. The minimum absolute atomic E-state index is 0.190. The van der Waals surface area contributed by atoms with E-state index in [1.165, 1.54) is 12.4 Å². The summed E-state index contributed by atoms with van der Waals surface area (Å²) in [4.78, 5) is 12.8. The Balaban J connectivity index is 1.81.